The highest BCUT2D eigenvalue weighted by molar-refractivity contribution is 6.05. The van der Waals surface area contributed by atoms with E-state index in [1.165, 1.54) is 6.07 Å². The summed E-state index contributed by atoms with van der Waals surface area (Å²) in [6.45, 7) is 9.54. The highest BCUT2D eigenvalue weighted by Crippen LogP contribution is 2.35. The fourth-order valence-electron chi connectivity index (χ4n) is 4.86. The number of morpholine rings is 1. The van der Waals surface area contributed by atoms with Gasteiger partial charge < -0.3 is 31.2 Å². The number of hydrogen-bond acceptors (Lipinski definition) is 8. The highest BCUT2D eigenvalue weighted by atomic mass is 16.5. The van der Waals surface area contributed by atoms with Crippen LogP contribution in [0, 0.1) is 11.3 Å². The normalized spacial score (nSPS) is 19.6. The lowest BCUT2D eigenvalue weighted by molar-refractivity contribution is -0.00521. The van der Waals surface area contributed by atoms with Gasteiger partial charge >= 0.3 is 0 Å². The van der Waals surface area contributed by atoms with Gasteiger partial charge in [0, 0.05) is 53.5 Å². The second-order valence-corrected chi connectivity index (χ2v) is 10.6. The Hall–Kier alpha value is -3.92. The van der Waals surface area contributed by atoms with Crippen molar-refractivity contribution in [1.82, 2.24) is 20.1 Å². The van der Waals surface area contributed by atoms with Gasteiger partial charge in [-0.3, -0.25) is 9.36 Å². The summed E-state index contributed by atoms with van der Waals surface area (Å²) in [6, 6.07) is 11.1. The van der Waals surface area contributed by atoms with Crippen molar-refractivity contribution in [2.45, 2.75) is 58.8 Å². The van der Waals surface area contributed by atoms with Gasteiger partial charge in [0.25, 0.3) is 5.91 Å². The summed E-state index contributed by atoms with van der Waals surface area (Å²) in [5.74, 6) is -0.0621. The minimum Gasteiger partial charge on any atom is -0.507 e. The number of hydrogen-bond donors (Lipinski definition) is 4. The van der Waals surface area contributed by atoms with Gasteiger partial charge in [-0.05, 0) is 62.9 Å². The lowest BCUT2D eigenvalue weighted by Crippen LogP contribution is -2.45. The minimum absolute atomic E-state index is 0.0642. The van der Waals surface area contributed by atoms with Crippen LogP contribution < -0.4 is 16.0 Å². The molecule has 38 heavy (non-hydrogen) atoms. The van der Waals surface area contributed by atoms with Crippen LogP contribution in [-0.2, 0) is 4.74 Å². The van der Waals surface area contributed by atoms with Gasteiger partial charge in [0.05, 0.1) is 17.8 Å². The maximum absolute atomic E-state index is 13.2. The van der Waals surface area contributed by atoms with Gasteiger partial charge in [-0.2, -0.15) is 0 Å². The number of nitrogen functional groups attached to an aromatic ring is 1. The first-order valence-electron chi connectivity index (χ1n) is 13.1. The third-order valence-electron chi connectivity index (χ3n) is 6.95. The minimum atomic E-state index is -0.323. The molecule has 2 unspecified atom stereocenters. The van der Waals surface area contributed by atoms with Crippen LogP contribution in [-0.4, -0.2) is 62.8 Å². The zero-order valence-electron chi connectivity index (χ0n) is 22.2. The van der Waals surface area contributed by atoms with Crippen LogP contribution in [0.3, 0.4) is 0 Å². The number of phenols is 1. The van der Waals surface area contributed by atoms with Crippen LogP contribution in [0.2, 0.25) is 0 Å². The number of nitrogens with one attached hydrogen (secondary N) is 2. The molecule has 0 bridgehead atoms. The van der Waals surface area contributed by atoms with Crippen molar-refractivity contribution in [2.75, 3.05) is 23.7 Å². The molecule has 1 aliphatic heterocycles. The number of aromatic nitrogens is 3. The highest BCUT2D eigenvalue weighted by Gasteiger charge is 2.29. The topological polar surface area (TPSA) is 142 Å². The number of anilines is 2. The van der Waals surface area contributed by atoms with E-state index in [1.807, 2.05) is 38.1 Å². The van der Waals surface area contributed by atoms with E-state index in [0.29, 0.717) is 34.0 Å². The van der Waals surface area contributed by atoms with Gasteiger partial charge in [-0.1, -0.05) is 13.8 Å². The predicted octanol–water partition coefficient (Wildman–Crippen LogP) is 3.75. The summed E-state index contributed by atoms with van der Waals surface area (Å²) in [4.78, 5) is 15.4. The lowest BCUT2D eigenvalue weighted by atomic mass is 9.96. The van der Waals surface area contributed by atoms with Crippen LogP contribution >= 0.6 is 0 Å². The molecule has 0 spiro atoms. The summed E-state index contributed by atoms with van der Waals surface area (Å²) in [5.41, 5.74) is 9.40. The number of carbonyl (C=O) groups excluding carboxylic acids is 1. The van der Waals surface area contributed by atoms with Crippen molar-refractivity contribution >= 4 is 23.0 Å². The number of carbonyl (C=O) groups is 1. The van der Waals surface area contributed by atoms with Gasteiger partial charge in [-0.25, -0.2) is 0 Å². The summed E-state index contributed by atoms with van der Waals surface area (Å²) in [5, 5.41) is 30.9. The number of rotatable bonds is 7. The van der Waals surface area contributed by atoms with Gasteiger partial charge in [-0.15, -0.1) is 10.2 Å². The summed E-state index contributed by atoms with van der Waals surface area (Å²) in [6.07, 6.45) is 2.15. The van der Waals surface area contributed by atoms with Gasteiger partial charge in [0.15, 0.2) is 5.82 Å². The Kier molecular flexibility index (Phi) is 6.83. The number of amides is 1. The standard InChI is InChI=1S/C28H35N7O3/c1-15(2)25(30)21-11-22(24(36)12-23(21)29)26-32-33-27(28(37)31-18-5-6-18)35(26)20-9-7-19(8-10-20)34-13-16(3)38-17(4)14-34/h7-12,15-18,30,36H,5-6,13-14,29H2,1-4H3,(H,31,37). The Morgan fingerprint density at radius 3 is 2.34 bits per heavy atom. The fraction of sp³-hybridized carbons (Fsp3) is 0.429. The number of benzene rings is 2. The monoisotopic (exact) mass is 517 g/mol. The van der Waals surface area contributed by atoms with E-state index in [4.69, 9.17) is 15.9 Å². The fourth-order valence-corrected chi connectivity index (χ4v) is 4.86. The van der Waals surface area contributed by atoms with Crippen molar-refractivity contribution in [2.24, 2.45) is 5.92 Å². The lowest BCUT2D eigenvalue weighted by Gasteiger charge is -2.36. The molecule has 1 saturated heterocycles. The van der Waals surface area contributed by atoms with E-state index in [1.54, 1.807) is 10.6 Å². The van der Waals surface area contributed by atoms with Crippen LogP contribution in [0.5, 0.6) is 5.75 Å². The largest absolute Gasteiger partial charge is 0.507 e. The molecule has 2 aliphatic rings. The van der Waals surface area contributed by atoms with E-state index < -0.39 is 0 Å². The summed E-state index contributed by atoms with van der Waals surface area (Å²) < 4.78 is 7.52. The molecule has 2 fully saturated rings. The van der Waals surface area contributed by atoms with Crippen molar-refractivity contribution in [1.29, 1.82) is 5.41 Å². The molecule has 10 heteroatoms. The number of ether oxygens (including phenoxy) is 1. The first-order valence-corrected chi connectivity index (χ1v) is 13.1. The number of nitrogens with zero attached hydrogens (tertiary/aromatic N) is 4. The molecule has 0 radical (unpaired) electrons. The molecule has 2 heterocycles. The summed E-state index contributed by atoms with van der Waals surface area (Å²) >= 11 is 0. The Bertz CT molecular complexity index is 1350. The van der Waals surface area contributed by atoms with Crippen molar-refractivity contribution in [3.63, 3.8) is 0 Å². The summed E-state index contributed by atoms with van der Waals surface area (Å²) in [7, 11) is 0. The average Bonchev–Trinajstić information content (AvgIpc) is 3.57. The molecule has 1 aliphatic carbocycles. The first kappa shape index (κ1) is 25.7. The molecule has 1 aromatic heterocycles. The molecule has 5 N–H and O–H groups in total. The predicted molar refractivity (Wildman–Crippen MR) is 147 cm³/mol. The van der Waals surface area contributed by atoms with E-state index in [9.17, 15) is 9.90 Å². The smallest absolute Gasteiger partial charge is 0.289 e. The molecule has 1 amide bonds. The Balaban J connectivity index is 1.58. The Labute approximate surface area is 222 Å². The van der Waals surface area contributed by atoms with Crippen LogP contribution in [0.1, 0.15) is 56.7 Å². The van der Waals surface area contributed by atoms with Gasteiger partial charge in [0.2, 0.25) is 5.82 Å². The van der Waals surface area contributed by atoms with Crippen LogP contribution in [0.25, 0.3) is 17.1 Å². The quantitative estimate of drug-likeness (QED) is 0.276. The number of aromatic hydroxyl groups is 1. The van der Waals surface area contributed by atoms with Crippen LogP contribution in [0.15, 0.2) is 36.4 Å². The average molecular weight is 518 g/mol. The zero-order valence-corrected chi connectivity index (χ0v) is 22.2. The van der Waals surface area contributed by atoms with E-state index in [0.717, 1.165) is 31.6 Å². The third kappa shape index (κ3) is 5.08. The van der Waals surface area contributed by atoms with Crippen molar-refractivity contribution < 1.29 is 14.6 Å². The second kappa shape index (κ2) is 10.1. The molecule has 10 nitrogen and oxygen atoms in total. The zero-order chi connectivity index (χ0) is 27.1. The van der Waals surface area contributed by atoms with Crippen molar-refractivity contribution in [3.05, 3.63) is 47.8 Å². The molecule has 200 valence electrons. The third-order valence-corrected chi connectivity index (χ3v) is 6.95. The molecule has 1 saturated carbocycles. The SMILES string of the molecule is CC1CN(c2ccc(-n3c(C(=O)NC4CC4)nnc3-c3cc(C(=N)C(C)C)c(N)cc3O)cc2)CC(C)O1. The van der Waals surface area contributed by atoms with E-state index >= 15 is 0 Å². The number of nitrogens with two attached hydrogens (primary N) is 1. The second-order valence-electron chi connectivity index (χ2n) is 10.6. The molecular weight excluding hydrogens is 482 g/mol. The van der Waals surface area contributed by atoms with Crippen molar-refractivity contribution in [3.8, 4) is 22.8 Å². The first-order chi connectivity index (χ1) is 18.1. The maximum Gasteiger partial charge on any atom is 0.289 e. The maximum atomic E-state index is 13.2. The molecule has 5 rings (SSSR count). The number of phenolic OH excluding ortho intramolecular Hbond substituents is 1. The van der Waals surface area contributed by atoms with E-state index in [2.05, 4.69) is 34.3 Å². The van der Waals surface area contributed by atoms with E-state index in [-0.39, 0.29) is 41.6 Å². The molecule has 2 aromatic carbocycles. The van der Waals surface area contributed by atoms with Crippen LogP contribution in [0.4, 0.5) is 11.4 Å². The molecule has 3 aromatic rings. The Morgan fingerprint density at radius 1 is 1.11 bits per heavy atom. The van der Waals surface area contributed by atoms with Gasteiger partial charge in [0.1, 0.15) is 5.75 Å². The Morgan fingerprint density at radius 2 is 1.74 bits per heavy atom. The molecule has 2 atom stereocenters. The molecular formula is C28H35N7O3.